The summed E-state index contributed by atoms with van der Waals surface area (Å²) in [5.41, 5.74) is 1.07. The average molecular weight is 305 g/mol. The van der Waals surface area contributed by atoms with Crippen molar-refractivity contribution in [3.8, 4) is 11.5 Å². The highest BCUT2D eigenvalue weighted by Gasteiger charge is 2.22. The number of nitrogens with one attached hydrogen (secondary N) is 2. The Labute approximate surface area is 133 Å². The van der Waals surface area contributed by atoms with E-state index in [1.165, 1.54) is 0 Å². The number of ether oxygens (including phenoxy) is 2. The first-order valence-corrected chi connectivity index (χ1v) is 7.26. The predicted molar refractivity (Wildman–Crippen MR) is 92.1 cm³/mol. The fraction of sp³-hybridized carbons (Fsp3) is 0.471. The fourth-order valence-corrected chi connectivity index (χ4v) is 2.05. The minimum absolute atomic E-state index is 0.0919. The van der Waals surface area contributed by atoms with Crippen molar-refractivity contribution in [3.63, 3.8) is 0 Å². The summed E-state index contributed by atoms with van der Waals surface area (Å²) in [6, 6.07) is 6.00. The van der Waals surface area contributed by atoms with Gasteiger partial charge in [-0.05, 0) is 17.7 Å². The molecule has 0 radical (unpaired) electrons. The summed E-state index contributed by atoms with van der Waals surface area (Å²) in [5.74, 6) is 2.23. The van der Waals surface area contributed by atoms with Crippen molar-refractivity contribution in [2.45, 2.75) is 19.3 Å². The molecule has 5 nitrogen and oxygen atoms in total. The van der Waals surface area contributed by atoms with Crippen LogP contribution in [0.3, 0.4) is 0 Å². The monoisotopic (exact) mass is 305 g/mol. The smallest absolute Gasteiger partial charge is 0.191 e. The van der Waals surface area contributed by atoms with Crippen molar-refractivity contribution < 1.29 is 9.47 Å². The van der Waals surface area contributed by atoms with Crippen molar-refractivity contribution in [1.82, 2.24) is 10.6 Å². The van der Waals surface area contributed by atoms with E-state index < -0.39 is 0 Å². The Morgan fingerprint density at radius 2 is 1.91 bits per heavy atom. The van der Waals surface area contributed by atoms with E-state index in [1.807, 2.05) is 12.1 Å². The first kappa shape index (κ1) is 17.9. The lowest BCUT2D eigenvalue weighted by Crippen LogP contribution is -2.43. The molecular weight excluding hydrogens is 278 g/mol. The number of methoxy groups -OCH3 is 2. The molecule has 0 spiro atoms. The largest absolute Gasteiger partial charge is 0.493 e. The SMILES string of the molecule is C=CCNC(=NC)NCC(C)(C)c1ccc(OC)c(OC)c1. The van der Waals surface area contributed by atoms with Gasteiger partial charge in [0.15, 0.2) is 17.5 Å². The number of benzene rings is 1. The highest BCUT2D eigenvalue weighted by molar-refractivity contribution is 5.79. The molecule has 0 aliphatic carbocycles. The van der Waals surface area contributed by atoms with Gasteiger partial charge in [-0.2, -0.15) is 0 Å². The lowest BCUT2D eigenvalue weighted by Gasteiger charge is -2.27. The van der Waals surface area contributed by atoms with Crippen LogP contribution in [0.4, 0.5) is 0 Å². The zero-order chi connectivity index (χ0) is 16.6. The summed E-state index contributed by atoms with van der Waals surface area (Å²) in [4.78, 5) is 4.19. The van der Waals surface area contributed by atoms with E-state index in [2.05, 4.69) is 42.1 Å². The van der Waals surface area contributed by atoms with Gasteiger partial charge < -0.3 is 20.1 Å². The summed E-state index contributed by atoms with van der Waals surface area (Å²) >= 11 is 0. The zero-order valence-electron chi connectivity index (χ0n) is 14.2. The maximum Gasteiger partial charge on any atom is 0.191 e. The lowest BCUT2D eigenvalue weighted by molar-refractivity contribution is 0.353. The van der Waals surface area contributed by atoms with Crippen molar-refractivity contribution in [2.75, 3.05) is 34.4 Å². The lowest BCUT2D eigenvalue weighted by atomic mass is 9.84. The summed E-state index contributed by atoms with van der Waals surface area (Å²) < 4.78 is 10.7. The van der Waals surface area contributed by atoms with Gasteiger partial charge in [0, 0.05) is 25.6 Å². The molecule has 1 rings (SSSR count). The van der Waals surface area contributed by atoms with E-state index in [9.17, 15) is 0 Å². The van der Waals surface area contributed by atoms with Crippen LogP contribution in [0.2, 0.25) is 0 Å². The second-order valence-electron chi connectivity index (χ2n) is 5.55. The van der Waals surface area contributed by atoms with E-state index in [-0.39, 0.29) is 5.41 Å². The third kappa shape index (κ3) is 4.69. The molecule has 0 unspecified atom stereocenters. The van der Waals surface area contributed by atoms with Gasteiger partial charge in [-0.3, -0.25) is 4.99 Å². The first-order chi connectivity index (χ1) is 10.5. The zero-order valence-corrected chi connectivity index (χ0v) is 14.2. The predicted octanol–water partition coefficient (Wildman–Crippen LogP) is 2.33. The molecule has 1 aromatic carbocycles. The van der Waals surface area contributed by atoms with Gasteiger partial charge in [0.25, 0.3) is 0 Å². The molecule has 0 heterocycles. The van der Waals surface area contributed by atoms with Crippen LogP contribution in [0.5, 0.6) is 11.5 Å². The Hall–Kier alpha value is -2.17. The van der Waals surface area contributed by atoms with Gasteiger partial charge in [-0.1, -0.05) is 26.0 Å². The van der Waals surface area contributed by atoms with E-state index in [1.54, 1.807) is 27.3 Å². The van der Waals surface area contributed by atoms with Gasteiger partial charge in [0.2, 0.25) is 0 Å². The molecule has 2 N–H and O–H groups in total. The van der Waals surface area contributed by atoms with Crippen molar-refractivity contribution in [1.29, 1.82) is 0 Å². The maximum absolute atomic E-state index is 5.38. The quantitative estimate of drug-likeness (QED) is 0.461. The second kappa shape index (κ2) is 8.32. The molecule has 122 valence electrons. The highest BCUT2D eigenvalue weighted by atomic mass is 16.5. The van der Waals surface area contributed by atoms with Crippen LogP contribution in [0.25, 0.3) is 0 Å². The number of hydrogen-bond donors (Lipinski definition) is 2. The molecule has 0 bridgehead atoms. The van der Waals surface area contributed by atoms with Gasteiger partial charge in [-0.15, -0.1) is 6.58 Å². The van der Waals surface area contributed by atoms with Crippen LogP contribution in [0.15, 0.2) is 35.8 Å². The average Bonchev–Trinajstić information content (AvgIpc) is 2.54. The fourth-order valence-electron chi connectivity index (χ4n) is 2.05. The molecule has 22 heavy (non-hydrogen) atoms. The normalized spacial score (nSPS) is 11.8. The second-order valence-corrected chi connectivity index (χ2v) is 5.55. The maximum atomic E-state index is 5.38. The molecule has 0 aromatic heterocycles. The van der Waals surface area contributed by atoms with E-state index in [0.29, 0.717) is 6.54 Å². The minimum atomic E-state index is -0.0919. The summed E-state index contributed by atoms with van der Waals surface area (Å²) in [6.45, 7) is 9.44. The molecule has 1 aromatic rings. The molecule has 5 heteroatoms. The molecular formula is C17H27N3O2. The van der Waals surface area contributed by atoms with Crippen LogP contribution in [0.1, 0.15) is 19.4 Å². The number of guanidine groups is 1. The van der Waals surface area contributed by atoms with Gasteiger partial charge in [-0.25, -0.2) is 0 Å². The summed E-state index contributed by atoms with van der Waals surface area (Å²) in [6.07, 6.45) is 1.80. The van der Waals surface area contributed by atoms with Gasteiger partial charge in [0.1, 0.15) is 0 Å². The number of aliphatic imine (C=N–C) groups is 1. The number of rotatable bonds is 7. The molecule has 0 atom stereocenters. The van der Waals surface area contributed by atoms with Crippen LogP contribution >= 0.6 is 0 Å². The van der Waals surface area contributed by atoms with Crippen LogP contribution in [-0.4, -0.2) is 40.3 Å². The Morgan fingerprint density at radius 1 is 1.23 bits per heavy atom. The van der Waals surface area contributed by atoms with Gasteiger partial charge in [0.05, 0.1) is 14.2 Å². The molecule has 0 aliphatic rings. The Balaban J connectivity index is 2.83. The Morgan fingerprint density at radius 3 is 2.45 bits per heavy atom. The van der Waals surface area contributed by atoms with Crippen LogP contribution in [-0.2, 0) is 5.41 Å². The van der Waals surface area contributed by atoms with Crippen molar-refractivity contribution in [2.24, 2.45) is 4.99 Å². The topological polar surface area (TPSA) is 54.9 Å². The minimum Gasteiger partial charge on any atom is -0.493 e. The third-order valence-corrected chi connectivity index (χ3v) is 3.50. The number of hydrogen-bond acceptors (Lipinski definition) is 3. The molecule has 0 amide bonds. The van der Waals surface area contributed by atoms with Crippen LogP contribution in [0, 0.1) is 0 Å². The van der Waals surface area contributed by atoms with E-state index in [4.69, 9.17) is 9.47 Å². The van der Waals surface area contributed by atoms with Crippen molar-refractivity contribution in [3.05, 3.63) is 36.4 Å². The summed E-state index contributed by atoms with van der Waals surface area (Å²) in [7, 11) is 5.04. The first-order valence-electron chi connectivity index (χ1n) is 7.26. The standard InChI is InChI=1S/C17H27N3O2/c1-7-10-19-16(18-4)20-12-17(2,3)13-8-9-14(21-5)15(11-13)22-6/h7-9,11H,1,10,12H2,2-6H3,(H2,18,19,20). The van der Waals surface area contributed by atoms with Crippen molar-refractivity contribution >= 4 is 5.96 Å². The molecule has 0 aliphatic heterocycles. The van der Waals surface area contributed by atoms with E-state index >= 15 is 0 Å². The van der Waals surface area contributed by atoms with Gasteiger partial charge >= 0.3 is 0 Å². The van der Waals surface area contributed by atoms with Crippen LogP contribution < -0.4 is 20.1 Å². The Bertz CT molecular complexity index is 525. The third-order valence-electron chi connectivity index (χ3n) is 3.50. The molecule has 0 saturated carbocycles. The number of nitrogens with zero attached hydrogens (tertiary/aromatic N) is 1. The summed E-state index contributed by atoms with van der Waals surface area (Å²) in [5, 5.41) is 6.49. The molecule has 0 saturated heterocycles. The van der Waals surface area contributed by atoms with E-state index in [0.717, 1.165) is 29.6 Å². The Kier molecular flexibility index (Phi) is 6.76. The molecule has 0 fully saturated rings. The highest BCUT2D eigenvalue weighted by Crippen LogP contribution is 2.32.